The highest BCUT2D eigenvalue weighted by Crippen LogP contribution is 2.34. The number of amides is 1. The summed E-state index contributed by atoms with van der Waals surface area (Å²) in [4.78, 5) is 22.6. The minimum Gasteiger partial charge on any atom is -0.611 e. The molecule has 0 spiro atoms. The summed E-state index contributed by atoms with van der Waals surface area (Å²) in [5, 5.41) is 13.8. The number of aliphatic hydroxyl groups is 1. The SMILES string of the molecule is CC1(O)COCCCCOc2c(CN)cccc2NC(=O)c2nc(cnc2N)-c2ccc(cc2)[S+]([O-])C(C)(C)C1. The Morgan fingerprint density at radius 2 is 1.85 bits per heavy atom. The average Bonchev–Trinajstić information content (AvgIpc) is 2.91. The number of aromatic nitrogens is 2. The van der Waals surface area contributed by atoms with Gasteiger partial charge in [0.25, 0.3) is 5.91 Å². The number of para-hydroxylation sites is 1. The van der Waals surface area contributed by atoms with Crippen LogP contribution in [0.1, 0.15) is 56.1 Å². The second-order valence-corrected chi connectivity index (χ2v) is 12.9. The predicted octanol–water partition coefficient (Wildman–Crippen LogP) is 3.65. The smallest absolute Gasteiger partial charge is 0.278 e. The lowest BCUT2D eigenvalue weighted by Gasteiger charge is -2.34. The monoisotopic (exact) mass is 567 g/mol. The number of anilines is 2. The van der Waals surface area contributed by atoms with E-state index in [1.165, 1.54) is 6.20 Å². The summed E-state index contributed by atoms with van der Waals surface area (Å²) in [6, 6.07) is 12.4. The number of fused-ring (bicyclic) bond motifs is 13. The van der Waals surface area contributed by atoms with E-state index in [1.807, 2.05) is 19.9 Å². The molecule has 0 fully saturated rings. The largest absolute Gasteiger partial charge is 0.611 e. The molecule has 0 aliphatic carbocycles. The van der Waals surface area contributed by atoms with Crippen LogP contribution in [0.3, 0.4) is 0 Å². The lowest BCUT2D eigenvalue weighted by molar-refractivity contribution is -0.0444. The van der Waals surface area contributed by atoms with E-state index < -0.39 is 27.4 Å². The van der Waals surface area contributed by atoms with Gasteiger partial charge in [-0.05, 0) is 75.1 Å². The highest BCUT2D eigenvalue weighted by Gasteiger charge is 2.40. The van der Waals surface area contributed by atoms with Crippen molar-refractivity contribution in [2.45, 2.75) is 61.8 Å². The van der Waals surface area contributed by atoms with E-state index in [0.29, 0.717) is 53.6 Å². The molecule has 1 amide bonds. The number of hydrogen-bond donors (Lipinski definition) is 4. The summed E-state index contributed by atoms with van der Waals surface area (Å²) in [7, 11) is 0. The van der Waals surface area contributed by atoms with E-state index in [9.17, 15) is 14.5 Å². The first-order valence-electron chi connectivity index (χ1n) is 13.2. The van der Waals surface area contributed by atoms with Gasteiger partial charge in [0.05, 0.1) is 36.4 Å². The normalized spacial score (nSPS) is 22.2. The van der Waals surface area contributed by atoms with Crippen LogP contribution in [0.5, 0.6) is 5.75 Å². The van der Waals surface area contributed by atoms with Crippen LogP contribution in [0, 0.1) is 0 Å². The van der Waals surface area contributed by atoms with Crippen LogP contribution in [0.25, 0.3) is 11.3 Å². The lowest BCUT2D eigenvalue weighted by Crippen LogP contribution is -2.43. The van der Waals surface area contributed by atoms with Gasteiger partial charge < -0.3 is 35.9 Å². The molecular weight excluding hydrogens is 530 g/mol. The van der Waals surface area contributed by atoms with Crippen molar-refractivity contribution in [1.82, 2.24) is 9.97 Å². The number of nitrogen functional groups attached to an aromatic ring is 1. The zero-order chi connectivity index (χ0) is 28.9. The number of carbonyl (C=O) groups is 1. The van der Waals surface area contributed by atoms with E-state index in [2.05, 4.69) is 15.3 Å². The molecule has 1 aromatic heterocycles. The Morgan fingerprint density at radius 1 is 1.12 bits per heavy atom. The van der Waals surface area contributed by atoms with Gasteiger partial charge >= 0.3 is 0 Å². The molecule has 6 N–H and O–H groups in total. The van der Waals surface area contributed by atoms with Crippen LogP contribution in [0.15, 0.2) is 53.6 Å². The number of nitrogens with one attached hydrogen (secondary N) is 1. The van der Waals surface area contributed by atoms with E-state index >= 15 is 0 Å². The van der Waals surface area contributed by atoms with Crippen molar-refractivity contribution in [1.29, 1.82) is 0 Å². The van der Waals surface area contributed by atoms with E-state index in [0.717, 1.165) is 5.56 Å². The second kappa shape index (κ2) is 12.5. The fourth-order valence-corrected chi connectivity index (χ4v) is 6.24. The number of nitrogens with zero attached hydrogens (tertiary/aromatic N) is 2. The maximum absolute atomic E-state index is 13.5. The highest BCUT2D eigenvalue weighted by atomic mass is 32.2. The lowest BCUT2D eigenvalue weighted by atomic mass is 9.94. The molecule has 0 saturated carbocycles. The zero-order valence-corrected chi connectivity index (χ0v) is 23.9. The van der Waals surface area contributed by atoms with Crippen LogP contribution in [-0.2, 0) is 22.5 Å². The van der Waals surface area contributed by atoms with Crippen molar-refractivity contribution in [3.8, 4) is 17.0 Å². The summed E-state index contributed by atoms with van der Waals surface area (Å²) in [6.45, 7) is 6.59. The Labute approximate surface area is 237 Å². The molecule has 2 unspecified atom stereocenters. The molecule has 2 aromatic carbocycles. The van der Waals surface area contributed by atoms with E-state index in [-0.39, 0.29) is 31.1 Å². The van der Waals surface area contributed by atoms with Gasteiger partial charge in [0, 0.05) is 30.7 Å². The average molecular weight is 568 g/mol. The molecule has 2 aliphatic heterocycles. The van der Waals surface area contributed by atoms with Crippen molar-refractivity contribution in [3.05, 3.63) is 59.9 Å². The van der Waals surface area contributed by atoms with Crippen molar-refractivity contribution >= 4 is 28.6 Å². The standard InChI is InChI=1S/C29H37N5O5S/c1-28(2)17-29(3,36)18-38-13-4-5-14-39-25-20(15-30)7-6-8-22(25)34-27(35)24-26(31)32-16-23(33-24)19-9-11-21(12-10-19)40(28)37/h6-12,16,36H,4-5,13-15,17-18,30H2,1-3H3,(H2,31,32)(H,34,35). The quantitative estimate of drug-likeness (QED) is 0.321. The molecule has 2 aliphatic rings. The molecule has 214 valence electrons. The molecule has 5 rings (SSSR count). The second-order valence-electron chi connectivity index (χ2n) is 10.8. The van der Waals surface area contributed by atoms with Crippen molar-refractivity contribution in [2.24, 2.45) is 5.73 Å². The number of carbonyl (C=O) groups excluding carboxylic acids is 1. The first-order chi connectivity index (χ1) is 19.0. The number of rotatable bonds is 1. The summed E-state index contributed by atoms with van der Waals surface area (Å²) >= 11 is -1.41. The third kappa shape index (κ3) is 7.10. The van der Waals surface area contributed by atoms with Crippen LogP contribution in [0.4, 0.5) is 11.5 Å². The topological polar surface area (TPSA) is 169 Å². The van der Waals surface area contributed by atoms with Crippen molar-refractivity contribution in [3.63, 3.8) is 0 Å². The fourth-order valence-electron chi connectivity index (χ4n) is 4.78. The summed E-state index contributed by atoms with van der Waals surface area (Å²) in [5.41, 5.74) is 13.1. The minimum absolute atomic E-state index is 0.0142. The molecule has 4 bridgehead atoms. The van der Waals surface area contributed by atoms with E-state index in [4.69, 9.17) is 20.9 Å². The molecule has 2 atom stereocenters. The van der Waals surface area contributed by atoms with Gasteiger partial charge in [-0.3, -0.25) is 4.79 Å². The van der Waals surface area contributed by atoms with Crippen molar-refractivity contribution < 1.29 is 23.9 Å². The van der Waals surface area contributed by atoms with Gasteiger partial charge in [-0.25, -0.2) is 9.97 Å². The van der Waals surface area contributed by atoms with Crippen LogP contribution >= 0.6 is 0 Å². The fraction of sp³-hybridized carbons (Fsp3) is 0.414. The van der Waals surface area contributed by atoms with Gasteiger partial charge in [-0.1, -0.05) is 12.1 Å². The Bertz CT molecular complexity index is 1330. The summed E-state index contributed by atoms with van der Waals surface area (Å²) in [5.74, 6) is -0.0644. The van der Waals surface area contributed by atoms with Crippen LogP contribution in [0.2, 0.25) is 0 Å². The molecule has 0 radical (unpaired) electrons. The van der Waals surface area contributed by atoms with Crippen molar-refractivity contribution in [2.75, 3.05) is 30.9 Å². The number of nitrogens with two attached hydrogens (primary N) is 2. The van der Waals surface area contributed by atoms with Gasteiger partial charge in [0.1, 0.15) is 10.5 Å². The summed E-state index contributed by atoms with van der Waals surface area (Å²) in [6.07, 6.45) is 3.14. The van der Waals surface area contributed by atoms with Crippen LogP contribution < -0.4 is 21.5 Å². The first-order valence-corrected chi connectivity index (χ1v) is 14.4. The number of benzene rings is 2. The maximum atomic E-state index is 13.5. The molecular formula is C29H37N5O5S. The number of hydrogen-bond acceptors (Lipinski definition) is 9. The third-order valence-electron chi connectivity index (χ3n) is 6.60. The molecule has 0 saturated heterocycles. The zero-order valence-electron chi connectivity index (χ0n) is 23.1. The Hall–Kier alpha value is -3.22. The third-order valence-corrected chi connectivity index (χ3v) is 8.44. The molecule has 10 nitrogen and oxygen atoms in total. The van der Waals surface area contributed by atoms with E-state index in [1.54, 1.807) is 43.3 Å². The van der Waals surface area contributed by atoms with Gasteiger partial charge in [0.15, 0.2) is 16.4 Å². The van der Waals surface area contributed by atoms with Gasteiger partial charge in [0.2, 0.25) is 0 Å². The summed E-state index contributed by atoms with van der Waals surface area (Å²) < 4.78 is 24.6. The van der Waals surface area contributed by atoms with Crippen LogP contribution in [-0.4, -0.2) is 55.7 Å². The highest BCUT2D eigenvalue weighted by molar-refractivity contribution is 7.92. The predicted molar refractivity (Wildman–Crippen MR) is 155 cm³/mol. The Morgan fingerprint density at radius 3 is 2.58 bits per heavy atom. The van der Waals surface area contributed by atoms with Gasteiger partial charge in [-0.2, -0.15) is 0 Å². The Balaban J connectivity index is 1.69. The Kier molecular flexibility index (Phi) is 9.32. The minimum atomic E-state index is -1.41. The molecule has 40 heavy (non-hydrogen) atoms. The molecule has 11 heteroatoms. The maximum Gasteiger partial charge on any atom is 0.278 e. The molecule has 3 heterocycles. The first kappa shape index (κ1) is 29.8. The molecule has 3 aromatic rings. The van der Waals surface area contributed by atoms with Gasteiger partial charge in [-0.15, -0.1) is 0 Å². The number of ether oxygens (including phenoxy) is 2.